The molecule has 0 amide bonds. The van der Waals surface area contributed by atoms with Crippen LogP contribution < -0.4 is 9.47 Å². The van der Waals surface area contributed by atoms with Crippen LogP contribution >= 0.6 is 0 Å². The molecule has 2 aromatic carbocycles. The SMILES string of the molecule is CC(=O)Oc1c(OC(=O)CCCN=[N+]=[N-])ccc2c1-c1cccc3c1[C@@H](C2)N(C)CC3. The molecule has 0 unspecified atom stereocenters. The van der Waals surface area contributed by atoms with E-state index < -0.39 is 11.9 Å². The number of nitrogens with zero attached hydrogens (tertiary/aromatic N) is 4. The van der Waals surface area contributed by atoms with E-state index in [0.29, 0.717) is 6.42 Å². The van der Waals surface area contributed by atoms with E-state index in [9.17, 15) is 9.59 Å². The van der Waals surface area contributed by atoms with Crippen LogP contribution in [0, 0.1) is 0 Å². The Balaban J connectivity index is 1.75. The van der Waals surface area contributed by atoms with Gasteiger partial charge in [0.15, 0.2) is 11.5 Å². The standard InChI is InChI=1S/C23H24N4O4/c1-14(28)30-23-19(31-20(29)7-4-11-25-26-24)9-8-16-13-18-21-15(10-12-27(18)2)5-3-6-17(21)22(16)23/h3,5-6,8-9,18H,4,7,10-13H2,1-2H3/t18-/m1/s1. The van der Waals surface area contributed by atoms with Crippen LogP contribution in [0.1, 0.15) is 42.5 Å². The van der Waals surface area contributed by atoms with Crippen molar-refractivity contribution >= 4 is 11.9 Å². The lowest BCUT2D eigenvalue weighted by molar-refractivity contribution is -0.136. The van der Waals surface area contributed by atoms with E-state index in [4.69, 9.17) is 15.0 Å². The third-order valence-electron chi connectivity index (χ3n) is 5.86. The summed E-state index contributed by atoms with van der Waals surface area (Å²) in [5.74, 6) is -0.431. The quantitative estimate of drug-likeness (QED) is 0.172. The van der Waals surface area contributed by atoms with Gasteiger partial charge in [-0.1, -0.05) is 29.4 Å². The van der Waals surface area contributed by atoms with Crippen LogP contribution in [-0.4, -0.2) is 37.0 Å². The van der Waals surface area contributed by atoms with E-state index in [1.807, 2.05) is 18.2 Å². The zero-order chi connectivity index (χ0) is 22.0. The minimum atomic E-state index is -0.474. The summed E-state index contributed by atoms with van der Waals surface area (Å²) in [7, 11) is 2.13. The first kappa shape index (κ1) is 20.9. The summed E-state index contributed by atoms with van der Waals surface area (Å²) in [5, 5.41) is 3.42. The van der Waals surface area contributed by atoms with Gasteiger partial charge >= 0.3 is 11.9 Å². The Morgan fingerprint density at radius 1 is 1.23 bits per heavy atom. The topological polar surface area (TPSA) is 105 Å². The average Bonchev–Trinajstić information content (AvgIpc) is 2.75. The molecule has 0 N–H and O–H groups in total. The predicted octanol–water partition coefficient (Wildman–Crippen LogP) is 4.36. The summed E-state index contributed by atoms with van der Waals surface area (Å²) >= 11 is 0. The molecular weight excluding hydrogens is 396 g/mol. The third kappa shape index (κ3) is 4.13. The molecule has 160 valence electrons. The maximum Gasteiger partial charge on any atom is 0.311 e. The molecule has 0 spiro atoms. The summed E-state index contributed by atoms with van der Waals surface area (Å²) in [5.41, 5.74) is 13.8. The highest BCUT2D eigenvalue weighted by Crippen LogP contribution is 2.50. The summed E-state index contributed by atoms with van der Waals surface area (Å²) < 4.78 is 11.2. The predicted molar refractivity (Wildman–Crippen MR) is 115 cm³/mol. The first-order chi connectivity index (χ1) is 15.0. The number of likely N-dealkylation sites (N-methyl/N-ethyl adjacent to an activating group) is 1. The van der Waals surface area contributed by atoms with Gasteiger partial charge in [-0.2, -0.15) is 0 Å². The number of fused-ring (bicyclic) bond motifs is 2. The van der Waals surface area contributed by atoms with Gasteiger partial charge in [-0.3, -0.25) is 14.5 Å². The highest BCUT2D eigenvalue weighted by Gasteiger charge is 2.35. The van der Waals surface area contributed by atoms with Crippen LogP contribution in [0.15, 0.2) is 35.4 Å². The van der Waals surface area contributed by atoms with Crippen molar-refractivity contribution in [3.63, 3.8) is 0 Å². The fourth-order valence-electron chi connectivity index (χ4n) is 4.49. The van der Waals surface area contributed by atoms with Crippen molar-refractivity contribution in [2.24, 2.45) is 5.11 Å². The van der Waals surface area contributed by atoms with Gasteiger partial charge in [0, 0.05) is 43.0 Å². The lowest BCUT2D eigenvalue weighted by Gasteiger charge is -2.40. The van der Waals surface area contributed by atoms with Gasteiger partial charge in [0.1, 0.15) is 0 Å². The van der Waals surface area contributed by atoms with Gasteiger partial charge in [-0.15, -0.1) is 0 Å². The van der Waals surface area contributed by atoms with E-state index in [2.05, 4.69) is 28.0 Å². The molecule has 0 saturated heterocycles. The van der Waals surface area contributed by atoms with Crippen LogP contribution in [0.4, 0.5) is 0 Å². The molecule has 2 aliphatic rings. The molecular formula is C23H24N4O4. The highest BCUT2D eigenvalue weighted by molar-refractivity contribution is 5.87. The minimum Gasteiger partial charge on any atom is -0.422 e. The van der Waals surface area contributed by atoms with Crippen LogP contribution in [0.25, 0.3) is 21.6 Å². The van der Waals surface area contributed by atoms with Gasteiger partial charge in [0.05, 0.1) is 0 Å². The Morgan fingerprint density at radius 2 is 2.06 bits per heavy atom. The van der Waals surface area contributed by atoms with Crippen molar-refractivity contribution in [2.45, 2.75) is 38.6 Å². The molecule has 1 heterocycles. The molecule has 8 heteroatoms. The molecule has 1 aliphatic carbocycles. The molecule has 8 nitrogen and oxygen atoms in total. The molecule has 31 heavy (non-hydrogen) atoms. The lowest BCUT2D eigenvalue weighted by Crippen LogP contribution is -2.35. The molecule has 0 aromatic heterocycles. The van der Waals surface area contributed by atoms with E-state index in [1.165, 1.54) is 18.1 Å². The number of benzene rings is 2. The fraction of sp³-hybridized carbons (Fsp3) is 0.391. The Hall–Kier alpha value is -3.35. The zero-order valence-electron chi connectivity index (χ0n) is 17.6. The van der Waals surface area contributed by atoms with Gasteiger partial charge in [0.2, 0.25) is 0 Å². The Morgan fingerprint density at radius 3 is 2.84 bits per heavy atom. The Labute approximate surface area is 180 Å². The number of carbonyl (C=O) groups is 2. The number of hydrogen-bond acceptors (Lipinski definition) is 6. The average molecular weight is 420 g/mol. The number of esters is 2. The van der Waals surface area contributed by atoms with Gasteiger partial charge in [-0.25, -0.2) is 0 Å². The number of azide groups is 1. The second kappa shape index (κ2) is 8.79. The van der Waals surface area contributed by atoms with Crippen LogP contribution in [0.2, 0.25) is 0 Å². The first-order valence-electron chi connectivity index (χ1n) is 10.4. The monoisotopic (exact) mass is 420 g/mol. The summed E-state index contributed by atoms with van der Waals surface area (Å²) in [6, 6.07) is 10.1. The molecule has 2 aromatic rings. The van der Waals surface area contributed by atoms with Crippen molar-refractivity contribution in [3.8, 4) is 22.6 Å². The summed E-state index contributed by atoms with van der Waals surface area (Å²) in [4.78, 5) is 29.3. The van der Waals surface area contributed by atoms with E-state index in [1.54, 1.807) is 6.07 Å². The third-order valence-corrected chi connectivity index (χ3v) is 5.86. The van der Waals surface area contributed by atoms with Crippen molar-refractivity contribution in [2.75, 3.05) is 20.1 Å². The second-order valence-electron chi connectivity index (χ2n) is 7.88. The number of rotatable bonds is 6. The van der Waals surface area contributed by atoms with E-state index in [-0.39, 0.29) is 30.5 Å². The van der Waals surface area contributed by atoms with Gasteiger partial charge < -0.3 is 9.47 Å². The van der Waals surface area contributed by atoms with Crippen molar-refractivity contribution < 1.29 is 19.1 Å². The van der Waals surface area contributed by atoms with Crippen LogP contribution in [0.5, 0.6) is 11.5 Å². The normalized spacial score (nSPS) is 16.5. The molecule has 1 aliphatic heterocycles. The van der Waals surface area contributed by atoms with Gasteiger partial charge in [0.25, 0.3) is 0 Å². The maximum absolute atomic E-state index is 12.3. The van der Waals surface area contributed by atoms with E-state index in [0.717, 1.165) is 36.1 Å². The second-order valence-corrected chi connectivity index (χ2v) is 7.88. The van der Waals surface area contributed by atoms with Crippen molar-refractivity contribution in [1.82, 2.24) is 4.90 Å². The Kier molecular flexibility index (Phi) is 5.93. The lowest BCUT2D eigenvalue weighted by atomic mass is 9.77. The summed E-state index contributed by atoms with van der Waals surface area (Å²) in [6.07, 6.45) is 2.25. The maximum atomic E-state index is 12.3. The number of carbonyl (C=O) groups excluding carboxylic acids is 2. The molecule has 0 fully saturated rings. The van der Waals surface area contributed by atoms with Crippen molar-refractivity contribution in [1.29, 1.82) is 0 Å². The molecule has 0 radical (unpaired) electrons. The largest absolute Gasteiger partial charge is 0.422 e. The minimum absolute atomic E-state index is 0.100. The zero-order valence-corrected chi connectivity index (χ0v) is 17.6. The fourth-order valence-corrected chi connectivity index (χ4v) is 4.49. The van der Waals surface area contributed by atoms with Crippen molar-refractivity contribution in [3.05, 3.63) is 57.5 Å². The van der Waals surface area contributed by atoms with Gasteiger partial charge in [-0.05, 0) is 60.2 Å². The molecule has 1 atom stereocenters. The highest BCUT2D eigenvalue weighted by atomic mass is 16.6. The van der Waals surface area contributed by atoms with Crippen LogP contribution in [0.3, 0.4) is 0 Å². The summed E-state index contributed by atoms with van der Waals surface area (Å²) in [6.45, 7) is 2.56. The Bertz CT molecular complexity index is 1090. The number of hydrogen-bond donors (Lipinski definition) is 0. The van der Waals surface area contributed by atoms with E-state index >= 15 is 0 Å². The number of ether oxygens (including phenoxy) is 2. The smallest absolute Gasteiger partial charge is 0.311 e. The molecule has 4 rings (SSSR count). The first-order valence-corrected chi connectivity index (χ1v) is 10.4. The molecule has 0 saturated carbocycles. The van der Waals surface area contributed by atoms with Crippen LogP contribution in [-0.2, 0) is 22.4 Å². The molecule has 0 bridgehead atoms.